The fourth-order valence-corrected chi connectivity index (χ4v) is 1.77. The van der Waals surface area contributed by atoms with Crippen LogP contribution in [0.5, 0.6) is 5.75 Å². The molecule has 0 aliphatic heterocycles. The van der Waals surface area contributed by atoms with E-state index in [1.807, 2.05) is 30.3 Å². The van der Waals surface area contributed by atoms with E-state index in [2.05, 4.69) is 6.58 Å². The van der Waals surface area contributed by atoms with E-state index in [1.165, 1.54) is 0 Å². The zero-order valence-electron chi connectivity index (χ0n) is 10.3. The predicted octanol–water partition coefficient (Wildman–Crippen LogP) is 4.42. The monoisotopic (exact) mass is 242 g/mol. The molecule has 1 atom stereocenters. The summed E-state index contributed by atoms with van der Waals surface area (Å²) in [6.07, 6.45) is -1.20. The number of hydrogen-bond acceptors (Lipinski definition) is 1. The van der Waals surface area contributed by atoms with Gasteiger partial charge in [0.15, 0.2) is 6.17 Å². The predicted molar refractivity (Wildman–Crippen MR) is 72.3 cm³/mol. The summed E-state index contributed by atoms with van der Waals surface area (Å²) in [7, 11) is 1.59. The normalized spacial score (nSPS) is 11.9. The van der Waals surface area contributed by atoms with Crippen molar-refractivity contribution in [2.24, 2.45) is 0 Å². The van der Waals surface area contributed by atoms with Gasteiger partial charge in [-0.25, -0.2) is 4.39 Å². The largest absolute Gasteiger partial charge is 0.497 e. The summed E-state index contributed by atoms with van der Waals surface area (Å²) in [6, 6.07) is 16.3. The molecule has 0 spiro atoms. The number of alkyl halides is 1. The van der Waals surface area contributed by atoms with Crippen LogP contribution >= 0.6 is 0 Å². The molecule has 1 unspecified atom stereocenters. The molecule has 2 aromatic carbocycles. The van der Waals surface area contributed by atoms with Gasteiger partial charge in [0, 0.05) is 0 Å². The number of halogens is 1. The molecule has 0 aliphatic carbocycles. The van der Waals surface area contributed by atoms with Gasteiger partial charge in [-0.15, -0.1) is 0 Å². The number of hydrogen-bond donors (Lipinski definition) is 0. The molecule has 0 N–H and O–H groups in total. The molecule has 0 saturated heterocycles. The summed E-state index contributed by atoms with van der Waals surface area (Å²) in [5, 5.41) is 0. The fraction of sp³-hybridized carbons (Fsp3) is 0.125. The second kappa shape index (κ2) is 5.50. The Morgan fingerprint density at radius 1 is 1.06 bits per heavy atom. The molecule has 1 nitrogen and oxygen atoms in total. The topological polar surface area (TPSA) is 9.23 Å². The first kappa shape index (κ1) is 12.4. The van der Waals surface area contributed by atoms with Crippen molar-refractivity contribution < 1.29 is 9.13 Å². The van der Waals surface area contributed by atoms with Gasteiger partial charge in [0.25, 0.3) is 0 Å². The SMILES string of the molecule is C=C(c1ccccc1)C(F)c1ccc(OC)cc1. The summed E-state index contributed by atoms with van der Waals surface area (Å²) >= 11 is 0. The molecule has 0 radical (unpaired) electrons. The lowest BCUT2D eigenvalue weighted by atomic mass is 9.98. The molecule has 2 rings (SSSR count). The molecule has 18 heavy (non-hydrogen) atoms. The van der Waals surface area contributed by atoms with Crippen LogP contribution < -0.4 is 4.74 Å². The minimum Gasteiger partial charge on any atom is -0.497 e. The Kier molecular flexibility index (Phi) is 3.78. The van der Waals surface area contributed by atoms with E-state index in [-0.39, 0.29) is 0 Å². The molecule has 2 aromatic rings. The quantitative estimate of drug-likeness (QED) is 0.771. The van der Waals surface area contributed by atoms with Gasteiger partial charge in [0.1, 0.15) is 5.75 Å². The van der Waals surface area contributed by atoms with Crippen LogP contribution in [0.2, 0.25) is 0 Å². The highest BCUT2D eigenvalue weighted by Crippen LogP contribution is 2.32. The van der Waals surface area contributed by atoms with Crippen molar-refractivity contribution in [2.75, 3.05) is 7.11 Å². The Hall–Kier alpha value is -2.09. The van der Waals surface area contributed by atoms with E-state index in [0.717, 1.165) is 11.3 Å². The molecule has 0 aromatic heterocycles. The van der Waals surface area contributed by atoms with Gasteiger partial charge in [0.2, 0.25) is 0 Å². The number of methoxy groups -OCH3 is 1. The standard InChI is InChI=1S/C16H15FO/c1-12(13-6-4-3-5-7-13)16(17)14-8-10-15(18-2)11-9-14/h3-11,16H,1H2,2H3. The first-order valence-electron chi connectivity index (χ1n) is 5.74. The second-order valence-electron chi connectivity index (χ2n) is 4.03. The number of rotatable bonds is 4. The van der Waals surface area contributed by atoms with Crippen LogP contribution in [0.25, 0.3) is 5.57 Å². The van der Waals surface area contributed by atoms with Gasteiger partial charge in [-0.05, 0) is 28.8 Å². The lowest BCUT2D eigenvalue weighted by Gasteiger charge is -2.12. The van der Waals surface area contributed by atoms with Crippen molar-refractivity contribution in [3.8, 4) is 5.75 Å². The van der Waals surface area contributed by atoms with Crippen LogP contribution in [0.1, 0.15) is 17.3 Å². The Morgan fingerprint density at radius 3 is 2.22 bits per heavy atom. The number of allylic oxidation sites excluding steroid dienone is 1. The van der Waals surface area contributed by atoms with E-state index in [0.29, 0.717) is 11.1 Å². The lowest BCUT2D eigenvalue weighted by molar-refractivity contribution is 0.411. The third-order valence-electron chi connectivity index (χ3n) is 2.86. The average molecular weight is 242 g/mol. The van der Waals surface area contributed by atoms with E-state index >= 15 is 0 Å². The third kappa shape index (κ3) is 2.59. The van der Waals surface area contributed by atoms with Crippen LogP contribution in [-0.2, 0) is 0 Å². The summed E-state index contributed by atoms with van der Waals surface area (Å²) in [5.74, 6) is 0.719. The third-order valence-corrected chi connectivity index (χ3v) is 2.86. The first-order valence-corrected chi connectivity index (χ1v) is 5.74. The van der Waals surface area contributed by atoms with Crippen LogP contribution in [0.15, 0.2) is 61.2 Å². The Morgan fingerprint density at radius 2 is 1.67 bits per heavy atom. The zero-order valence-corrected chi connectivity index (χ0v) is 10.3. The maximum absolute atomic E-state index is 14.3. The zero-order chi connectivity index (χ0) is 13.0. The summed E-state index contributed by atoms with van der Waals surface area (Å²) in [4.78, 5) is 0. The minimum atomic E-state index is -1.20. The van der Waals surface area contributed by atoms with Crippen molar-refractivity contribution in [1.29, 1.82) is 0 Å². The second-order valence-corrected chi connectivity index (χ2v) is 4.03. The summed E-state index contributed by atoms with van der Waals surface area (Å²) in [5.41, 5.74) is 1.88. The van der Waals surface area contributed by atoms with Gasteiger partial charge in [-0.1, -0.05) is 49.0 Å². The first-order chi connectivity index (χ1) is 8.72. The minimum absolute atomic E-state index is 0.473. The maximum atomic E-state index is 14.3. The van der Waals surface area contributed by atoms with E-state index < -0.39 is 6.17 Å². The van der Waals surface area contributed by atoms with Gasteiger partial charge >= 0.3 is 0 Å². The van der Waals surface area contributed by atoms with Gasteiger partial charge in [0.05, 0.1) is 7.11 Å². The molecule has 0 bridgehead atoms. The molecule has 0 aliphatic rings. The van der Waals surface area contributed by atoms with E-state index in [1.54, 1.807) is 31.4 Å². The lowest BCUT2D eigenvalue weighted by Crippen LogP contribution is -1.95. The molecule has 0 fully saturated rings. The number of benzene rings is 2. The molecular formula is C16H15FO. The van der Waals surface area contributed by atoms with E-state index in [9.17, 15) is 4.39 Å². The Labute approximate surface area is 107 Å². The molecular weight excluding hydrogens is 227 g/mol. The molecule has 0 heterocycles. The smallest absolute Gasteiger partial charge is 0.150 e. The Balaban J connectivity index is 2.20. The van der Waals surface area contributed by atoms with Gasteiger partial charge in [-0.2, -0.15) is 0 Å². The summed E-state index contributed by atoms with van der Waals surface area (Å²) < 4.78 is 19.4. The van der Waals surface area contributed by atoms with Crippen LogP contribution in [0, 0.1) is 0 Å². The van der Waals surface area contributed by atoms with Crippen molar-refractivity contribution in [3.05, 3.63) is 72.3 Å². The summed E-state index contributed by atoms with van der Waals surface area (Å²) in [6.45, 7) is 3.84. The maximum Gasteiger partial charge on any atom is 0.150 e. The van der Waals surface area contributed by atoms with Crippen LogP contribution in [-0.4, -0.2) is 7.11 Å². The highest BCUT2D eigenvalue weighted by Gasteiger charge is 2.15. The van der Waals surface area contributed by atoms with Crippen molar-refractivity contribution in [2.45, 2.75) is 6.17 Å². The fourth-order valence-electron chi connectivity index (χ4n) is 1.77. The Bertz CT molecular complexity index is 517. The molecule has 92 valence electrons. The van der Waals surface area contributed by atoms with Crippen LogP contribution in [0.3, 0.4) is 0 Å². The van der Waals surface area contributed by atoms with Gasteiger partial charge in [-0.3, -0.25) is 0 Å². The van der Waals surface area contributed by atoms with Crippen LogP contribution in [0.4, 0.5) is 4.39 Å². The van der Waals surface area contributed by atoms with Crippen molar-refractivity contribution >= 4 is 5.57 Å². The number of ether oxygens (including phenoxy) is 1. The molecule has 2 heteroatoms. The highest BCUT2D eigenvalue weighted by atomic mass is 19.1. The van der Waals surface area contributed by atoms with Gasteiger partial charge < -0.3 is 4.74 Å². The van der Waals surface area contributed by atoms with Crippen molar-refractivity contribution in [3.63, 3.8) is 0 Å². The van der Waals surface area contributed by atoms with Crippen molar-refractivity contribution in [1.82, 2.24) is 0 Å². The molecule has 0 amide bonds. The average Bonchev–Trinajstić information content (AvgIpc) is 2.47. The molecule has 0 saturated carbocycles. The highest BCUT2D eigenvalue weighted by molar-refractivity contribution is 5.68. The van der Waals surface area contributed by atoms with E-state index in [4.69, 9.17) is 4.74 Å².